The molecule has 2 aromatic rings. The van der Waals surface area contributed by atoms with Gasteiger partial charge in [0.25, 0.3) is 0 Å². The van der Waals surface area contributed by atoms with Crippen LogP contribution in [0.15, 0.2) is 22.7 Å². The Kier molecular flexibility index (Phi) is 4.04. The van der Waals surface area contributed by atoms with Crippen LogP contribution in [0.4, 0.5) is 0 Å². The zero-order chi connectivity index (χ0) is 13.3. The van der Waals surface area contributed by atoms with E-state index in [1.54, 1.807) is 6.07 Å². The van der Waals surface area contributed by atoms with Crippen LogP contribution in [0.1, 0.15) is 25.7 Å². The number of aliphatic hydroxyl groups is 1. The molecule has 0 aliphatic rings. The first-order chi connectivity index (χ1) is 8.54. The van der Waals surface area contributed by atoms with Gasteiger partial charge in [-0.2, -0.15) is 0 Å². The minimum Gasteiger partial charge on any atom is -0.388 e. The lowest BCUT2D eigenvalue weighted by atomic mass is 10.2. The standard InChI is InChI=1S/C12H13BrClN3O/c1-7(2)17-11(6-18)15-16-12(17)9-5-8(14)3-4-10(9)13/h3-5,7,18H,6H2,1-2H3. The van der Waals surface area contributed by atoms with Crippen molar-refractivity contribution in [2.24, 2.45) is 0 Å². The highest BCUT2D eigenvalue weighted by molar-refractivity contribution is 9.10. The van der Waals surface area contributed by atoms with Gasteiger partial charge in [0.2, 0.25) is 0 Å². The summed E-state index contributed by atoms with van der Waals surface area (Å²) >= 11 is 9.49. The molecular formula is C12H13BrClN3O. The Morgan fingerprint density at radius 1 is 1.39 bits per heavy atom. The van der Waals surface area contributed by atoms with E-state index in [2.05, 4.69) is 26.1 Å². The van der Waals surface area contributed by atoms with Crippen molar-refractivity contribution in [3.8, 4) is 11.4 Å². The predicted molar refractivity (Wildman–Crippen MR) is 74.5 cm³/mol. The molecule has 4 nitrogen and oxygen atoms in total. The molecule has 0 saturated heterocycles. The zero-order valence-corrected chi connectivity index (χ0v) is 12.4. The van der Waals surface area contributed by atoms with E-state index in [4.69, 9.17) is 11.6 Å². The molecule has 1 aromatic heterocycles. The number of hydrogen-bond acceptors (Lipinski definition) is 3. The molecule has 0 atom stereocenters. The molecule has 96 valence electrons. The van der Waals surface area contributed by atoms with Gasteiger partial charge in [-0.1, -0.05) is 27.5 Å². The molecule has 1 N–H and O–H groups in total. The van der Waals surface area contributed by atoms with Gasteiger partial charge in [0.15, 0.2) is 11.6 Å². The maximum absolute atomic E-state index is 9.29. The number of aliphatic hydroxyl groups excluding tert-OH is 1. The minimum absolute atomic E-state index is 0.136. The van der Waals surface area contributed by atoms with Crippen LogP contribution in [-0.4, -0.2) is 19.9 Å². The summed E-state index contributed by atoms with van der Waals surface area (Å²) in [6.07, 6.45) is 0. The third-order valence-corrected chi connectivity index (χ3v) is 3.52. The zero-order valence-electron chi connectivity index (χ0n) is 10.1. The van der Waals surface area contributed by atoms with Gasteiger partial charge in [0.1, 0.15) is 6.61 Å². The maximum atomic E-state index is 9.29. The van der Waals surface area contributed by atoms with E-state index in [9.17, 15) is 5.11 Å². The van der Waals surface area contributed by atoms with Gasteiger partial charge in [0, 0.05) is 21.1 Å². The first-order valence-electron chi connectivity index (χ1n) is 5.54. The molecule has 18 heavy (non-hydrogen) atoms. The van der Waals surface area contributed by atoms with E-state index < -0.39 is 0 Å². The molecule has 0 saturated carbocycles. The minimum atomic E-state index is -0.136. The second-order valence-electron chi connectivity index (χ2n) is 4.19. The van der Waals surface area contributed by atoms with Crippen molar-refractivity contribution >= 4 is 27.5 Å². The third-order valence-electron chi connectivity index (χ3n) is 2.59. The summed E-state index contributed by atoms with van der Waals surface area (Å²) < 4.78 is 2.79. The average Bonchev–Trinajstić information content (AvgIpc) is 2.75. The summed E-state index contributed by atoms with van der Waals surface area (Å²) in [5.41, 5.74) is 0.864. The van der Waals surface area contributed by atoms with Gasteiger partial charge in [-0.25, -0.2) is 0 Å². The lowest BCUT2D eigenvalue weighted by molar-refractivity contribution is 0.262. The van der Waals surface area contributed by atoms with Gasteiger partial charge in [0.05, 0.1) is 0 Å². The molecule has 0 aliphatic heterocycles. The lowest BCUT2D eigenvalue weighted by Gasteiger charge is -2.14. The molecule has 0 spiro atoms. The summed E-state index contributed by atoms with van der Waals surface area (Å²) in [6.45, 7) is 3.90. The summed E-state index contributed by atoms with van der Waals surface area (Å²) in [5.74, 6) is 1.25. The molecule has 0 aliphatic carbocycles. The lowest BCUT2D eigenvalue weighted by Crippen LogP contribution is -2.08. The Hall–Kier alpha value is -0.910. The van der Waals surface area contributed by atoms with Crippen molar-refractivity contribution < 1.29 is 5.11 Å². The van der Waals surface area contributed by atoms with E-state index in [1.807, 2.05) is 30.5 Å². The molecular weight excluding hydrogens is 318 g/mol. The van der Waals surface area contributed by atoms with Crippen molar-refractivity contribution in [1.29, 1.82) is 0 Å². The number of benzene rings is 1. The van der Waals surface area contributed by atoms with E-state index in [1.165, 1.54) is 0 Å². The molecule has 0 unspecified atom stereocenters. The van der Waals surface area contributed by atoms with Crippen LogP contribution in [-0.2, 0) is 6.61 Å². The van der Waals surface area contributed by atoms with Crippen LogP contribution in [0.5, 0.6) is 0 Å². The van der Waals surface area contributed by atoms with E-state index in [0.717, 1.165) is 10.0 Å². The van der Waals surface area contributed by atoms with Crippen molar-refractivity contribution in [3.05, 3.63) is 33.5 Å². The number of halogens is 2. The molecule has 0 bridgehead atoms. The molecule has 2 rings (SSSR count). The van der Waals surface area contributed by atoms with Crippen molar-refractivity contribution in [3.63, 3.8) is 0 Å². The second kappa shape index (κ2) is 5.38. The van der Waals surface area contributed by atoms with Gasteiger partial charge in [-0.15, -0.1) is 10.2 Å². The summed E-state index contributed by atoms with van der Waals surface area (Å²) in [7, 11) is 0. The van der Waals surface area contributed by atoms with Crippen LogP contribution in [0.3, 0.4) is 0 Å². The first kappa shape index (κ1) is 13.5. The van der Waals surface area contributed by atoms with Crippen molar-refractivity contribution in [2.75, 3.05) is 0 Å². The fraction of sp³-hybridized carbons (Fsp3) is 0.333. The van der Waals surface area contributed by atoms with Crippen molar-refractivity contribution in [2.45, 2.75) is 26.5 Å². The van der Waals surface area contributed by atoms with Crippen LogP contribution in [0.25, 0.3) is 11.4 Å². The van der Waals surface area contributed by atoms with Crippen molar-refractivity contribution in [1.82, 2.24) is 14.8 Å². The van der Waals surface area contributed by atoms with Gasteiger partial charge < -0.3 is 9.67 Å². The highest BCUT2D eigenvalue weighted by Crippen LogP contribution is 2.31. The average molecular weight is 331 g/mol. The second-order valence-corrected chi connectivity index (χ2v) is 5.48. The largest absolute Gasteiger partial charge is 0.388 e. The van der Waals surface area contributed by atoms with E-state index >= 15 is 0 Å². The molecule has 6 heteroatoms. The summed E-state index contributed by atoms with van der Waals surface area (Å²) in [6, 6.07) is 5.66. The number of hydrogen-bond donors (Lipinski definition) is 1. The molecule has 0 radical (unpaired) electrons. The topological polar surface area (TPSA) is 50.9 Å². The van der Waals surface area contributed by atoms with E-state index in [0.29, 0.717) is 16.7 Å². The SMILES string of the molecule is CC(C)n1c(CO)nnc1-c1cc(Cl)ccc1Br. The smallest absolute Gasteiger partial charge is 0.165 e. The normalized spacial score (nSPS) is 11.2. The number of rotatable bonds is 3. The molecule has 0 amide bonds. The maximum Gasteiger partial charge on any atom is 0.165 e. The Bertz CT molecular complexity index is 568. The molecule has 1 heterocycles. The molecule has 1 aromatic carbocycles. The fourth-order valence-electron chi connectivity index (χ4n) is 1.83. The van der Waals surface area contributed by atoms with Crippen LogP contribution in [0, 0.1) is 0 Å². The van der Waals surface area contributed by atoms with Gasteiger partial charge in [-0.3, -0.25) is 0 Å². The summed E-state index contributed by atoms with van der Waals surface area (Å²) in [5, 5.41) is 18.1. The Morgan fingerprint density at radius 3 is 2.72 bits per heavy atom. The highest BCUT2D eigenvalue weighted by Gasteiger charge is 2.17. The molecule has 0 fully saturated rings. The van der Waals surface area contributed by atoms with E-state index in [-0.39, 0.29) is 12.6 Å². The van der Waals surface area contributed by atoms with Crippen LogP contribution in [0.2, 0.25) is 5.02 Å². The van der Waals surface area contributed by atoms with Crippen LogP contribution < -0.4 is 0 Å². The number of aromatic nitrogens is 3. The van der Waals surface area contributed by atoms with Gasteiger partial charge in [-0.05, 0) is 32.0 Å². The highest BCUT2D eigenvalue weighted by atomic mass is 79.9. The quantitative estimate of drug-likeness (QED) is 0.938. The predicted octanol–water partition coefficient (Wildman–Crippen LogP) is 3.43. The Labute approximate surface area is 119 Å². The van der Waals surface area contributed by atoms with Gasteiger partial charge >= 0.3 is 0 Å². The van der Waals surface area contributed by atoms with Crippen LogP contribution >= 0.6 is 27.5 Å². The third kappa shape index (κ3) is 2.43. The number of nitrogens with zero attached hydrogens (tertiary/aromatic N) is 3. The Balaban J connectivity index is 2.63. The Morgan fingerprint density at radius 2 is 2.11 bits per heavy atom. The fourth-order valence-corrected chi connectivity index (χ4v) is 2.42. The summed E-state index contributed by atoms with van der Waals surface area (Å²) in [4.78, 5) is 0. The monoisotopic (exact) mass is 329 g/mol. The first-order valence-corrected chi connectivity index (χ1v) is 6.71.